The summed E-state index contributed by atoms with van der Waals surface area (Å²) in [4.78, 5) is 20.5. The number of aliphatic hydroxyl groups is 1. The average molecular weight is 379 g/mol. The van der Waals surface area contributed by atoms with Gasteiger partial charge in [0.15, 0.2) is 5.82 Å². The van der Waals surface area contributed by atoms with Crippen molar-refractivity contribution in [2.24, 2.45) is 0 Å². The molecule has 1 aliphatic rings. The number of rotatable bonds is 4. The number of aliphatic hydroxyl groups excluding tert-OH is 1. The van der Waals surface area contributed by atoms with Crippen LogP contribution in [-0.4, -0.2) is 75.0 Å². The molecule has 0 saturated carbocycles. The second-order valence-electron chi connectivity index (χ2n) is 6.70. The molecule has 1 aliphatic heterocycles. The Kier molecular flexibility index (Phi) is 5.45. The molecule has 2 aromatic heterocycles. The summed E-state index contributed by atoms with van der Waals surface area (Å²) >= 11 is 5.95. The molecule has 1 fully saturated rings. The summed E-state index contributed by atoms with van der Waals surface area (Å²) in [5, 5.41) is 17.7. The second-order valence-corrected chi connectivity index (χ2v) is 7.14. The number of aryl methyl sites for hydroxylation is 1. The van der Waals surface area contributed by atoms with Gasteiger partial charge in [-0.3, -0.25) is 0 Å². The van der Waals surface area contributed by atoms with Gasteiger partial charge in [-0.2, -0.15) is 5.10 Å². The van der Waals surface area contributed by atoms with Crippen molar-refractivity contribution in [2.75, 3.05) is 27.2 Å². The number of likely N-dealkylation sites (tertiary alicyclic amines) is 1. The van der Waals surface area contributed by atoms with Crippen LogP contribution >= 0.6 is 11.6 Å². The predicted octanol–water partition coefficient (Wildman–Crippen LogP) is 1.05. The number of carbonyl (C=O) groups excluding carboxylic acids is 1. The number of likely N-dealkylation sites (N-methyl/N-ethyl adjacent to an activating group) is 1. The second kappa shape index (κ2) is 7.61. The van der Waals surface area contributed by atoms with Gasteiger partial charge in [-0.25, -0.2) is 14.5 Å². The van der Waals surface area contributed by atoms with Crippen LogP contribution in [0.3, 0.4) is 0 Å². The maximum Gasteiger partial charge on any atom is 0.317 e. The van der Waals surface area contributed by atoms with E-state index in [4.69, 9.17) is 11.6 Å². The Morgan fingerprint density at radius 3 is 2.81 bits per heavy atom. The molecular weight excluding hydrogens is 356 g/mol. The molecule has 0 spiro atoms. The Hall–Kier alpha value is -2.16. The number of hydrogen-bond donors (Lipinski definition) is 2. The lowest BCUT2D eigenvalue weighted by molar-refractivity contribution is 0.113. The highest BCUT2D eigenvalue weighted by atomic mass is 35.5. The van der Waals surface area contributed by atoms with Crippen molar-refractivity contribution in [1.82, 2.24) is 29.9 Å². The van der Waals surface area contributed by atoms with Crippen LogP contribution in [0.4, 0.5) is 4.79 Å². The minimum Gasteiger partial charge on any atom is -0.390 e. The molecule has 2 N–H and O–H groups in total. The van der Waals surface area contributed by atoms with Crippen LogP contribution in [0.15, 0.2) is 24.5 Å². The van der Waals surface area contributed by atoms with E-state index < -0.39 is 6.10 Å². The standard InChI is InChI=1S/C17H23ClN6O2/c1-11-4-5-12(16(21-11)24-8-13(18)7-20-24)6-19-17(26)23-9-14(22(2)3)15(25)10-23/h4-5,7-8,14-15,25H,6,9-10H2,1-3H3,(H,19,26)/t14-,15-/m0/s1. The molecule has 2 aromatic rings. The monoisotopic (exact) mass is 378 g/mol. The molecule has 0 bridgehead atoms. The smallest absolute Gasteiger partial charge is 0.317 e. The van der Waals surface area contributed by atoms with E-state index in [9.17, 15) is 9.90 Å². The summed E-state index contributed by atoms with van der Waals surface area (Å²) in [6, 6.07) is 3.54. The molecule has 0 aliphatic carbocycles. The van der Waals surface area contributed by atoms with E-state index in [1.54, 1.807) is 22.0 Å². The summed E-state index contributed by atoms with van der Waals surface area (Å²) in [5.41, 5.74) is 1.67. The number of nitrogens with zero attached hydrogens (tertiary/aromatic N) is 5. The highest BCUT2D eigenvalue weighted by Crippen LogP contribution is 2.17. The first-order valence-electron chi connectivity index (χ1n) is 8.39. The summed E-state index contributed by atoms with van der Waals surface area (Å²) in [6.45, 7) is 3.01. The van der Waals surface area contributed by atoms with Crippen molar-refractivity contribution in [3.8, 4) is 5.82 Å². The molecule has 0 aromatic carbocycles. The Labute approximate surface area is 157 Å². The molecule has 2 amide bonds. The normalized spacial score (nSPS) is 20.0. The molecule has 3 heterocycles. The van der Waals surface area contributed by atoms with Crippen LogP contribution in [0, 0.1) is 6.92 Å². The van der Waals surface area contributed by atoms with E-state index in [0.29, 0.717) is 30.5 Å². The Bertz CT molecular complexity index is 793. The number of carbonyl (C=O) groups is 1. The van der Waals surface area contributed by atoms with Crippen molar-refractivity contribution in [2.45, 2.75) is 25.6 Å². The zero-order valence-electron chi connectivity index (χ0n) is 15.1. The van der Waals surface area contributed by atoms with Crippen molar-refractivity contribution in [3.63, 3.8) is 0 Å². The van der Waals surface area contributed by atoms with Gasteiger partial charge in [-0.1, -0.05) is 17.7 Å². The molecule has 26 heavy (non-hydrogen) atoms. The van der Waals surface area contributed by atoms with E-state index in [1.165, 1.54) is 0 Å². The Morgan fingerprint density at radius 1 is 1.42 bits per heavy atom. The Balaban J connectivity index is 1.69. The van der Waals surface area contributed by atoms with E-state index >= 15 is 0 Å². The number of amides is 2. The third kappa shape index (κ3) is 3.98. The van der Waals surface area contributed by atoms with Gasteiger partial charge in [0.05, 0.1) is 29.6 Å². The molecule has 9 heteroatoms. The summed E-state index contributed by atoms with van der Waals surface area (Å²) in [6.07, 6.45) is 2.67. The van der Waals surface area contributed by atoms with Crippen molar-refractivity contribution >= 4 is 17.6 Å². The SMILES string of the molecule is Cc1ccc(CNC(=O)N2C[C@H](O)[C@@H](N(C)C)C2)c(-n2cc(Cl)cn2)n1. The summed E-state index contributed by atoms with van der Waals surface area (Å²) in [7, 11) is 3.80. The number of pyridine rings is 1. The van der Waals surface area contributed by atoms with Gasteiger partial charge in [0.1, 0.15) is 0 Å². The number of halogens is 1. The molecule has 0 radical (unpaired) electrons. The molecular formula is C17H23ClN6O2. The fraction of sp³-hybridized carbons (Fsp3) is 0.471. The van der Waals surface area contributed by atoms with E-state index in [1.807, 2.05) is 38.1 Å². The highest BCUT2D eigenvalue weighted by molar-refractivity contribution is 6.30. The van der Waals surface area contributed by atoms with Gasteiger partial charge in [0.2, 0.25) is 0 Å². The zero-order valence-corrected chi connectivity index (χ0v) is 15.8. The van der Waals surface area contributed by atoms with Crippen molar-refractivity contribution in [3.05, 3.63) is 40.8 Å². The number of urea groups is 1. The molecule has 2 atom stereocenters. The van der Waals surface area contributed by atoms with Crippen molar-refractivity contribution < 1.29 is 9.90 Å². The fourth-order valence-corrected chi connectivity index (χ4v) is 3.19. The van der Waals surface area contributed by atoms with E-state index in [0.717, 1.165) is 11.3 Å². The average Bonchev–Trinajstić information content (AvgIpc) is 3.19. The van der Waals surface area contributed by atoms with E-state index in [-0.39, 0.29) is 12.1 Å². The molecule has 3 rings (SSSR count). The van der Waals surface area contributed by atoms with Crippen LogP contribution < -0.4 is 5.32 Å². The molecule has 8 nitrogen and oxygen atoms in total. The lowest BCUT2D eigenvalue weighted by Gasteiger charge is -2.21. The molecule has 1 saturated heterocycles. The highest BCUT2D eigenvalue weighted by Gasteiger charge is 2.35. The quantitative estimate of drug-likeness (QED) is 0.830. The largest absolute Gasteiger partial charge is 0.390 e. The first kappa shape index (κ1) is 18.6. The lowest BCUT2D eigenvalue weighted by atomic mass is 10.2. The van der Waals surface area contributed by atoms with Gasteiger partial charge < -0.3 is 20.2 Å². The first-order chi connectivity index (χ1) is 12.3. The third-order valence-corrected chi connectivity index (χ3v) is 4.70. The maximum absolute atomic E-state index is 12.5. The van der Waals surface area contributed by atoms with Crippen LogP contribution in [0.1, 0.15) is 11.3 Å². The maximum atomic E-state index is 12.5. The lowest BCUT2D eigenvalue weighted by Crippen LogP contribution is -2.40. The van der Waals surface area contributed by atoms with Gasteiger partial charge in [0.25, 0.3) is 0 Å². The van der Waals surface area contributed by atoms with Gasteiger partial charge in [-0.15, -0.1) is 0 Å². The minimum atomic E-state index is -0.543. The number of aromatic nitrogens is 3. The summed E-state index contributed by atoms with van der Waals surface area (Å²) in [5.74, 6) is 0.629. The molecule has 0 unspecified atom stereocenters. The zero-order chi connectivity index (χ0) is 18.8. The topological polar surface area (TPSA) is 86.5 Å². The van der Waals surface area contributed by atoms with E-state index in [2.05, 4.69) is 15.4 Å². The van der Waals surface area contributed by atoms with Crippen LogP contribution in [0.2, 0.25) is 5.02 Å². The Morgan fingerprint density at radius 2 is 2.19 bits per heavy atom. The van der Waals surface area contributed by atoms with Crippen LogP contribution in [0.5, 0.6) is 0 Å². The van der Waals surface area contributed by atoms with Crippen LogP contribution in [0.25, 0.3) is 5.82 Å². The number of β-amino-alcohol motifs (C(OH)–C–C–N with tert-alkyl or cyclic N) is 1. The predicted molar refractivity (Wildman–Crippen MR) is 98.4 cm³/mol. The fourth-order valence-electron chi connectivity index (χ4n) is 3.05. The van der Waals surface area contributed by atoms with Crippen LogP contribution in [-0.2, 0) is 6.54 Å². The number of hydrogen-bond acceptors (Lipinski definition) is 5. The minimum absolute atomic E-state index is 0.0523. The van der Waals surface area contributed by atoms with Crippen molar-refractivity contribution in [1.29, 1.82) is 0 Å². The first-order valence-corrected chi connectivity index (χ1v) is 8.77. The third-order valence-electron chi connectivity index (χ3n) is 4.50. The van der Waals surface area contributed by atoms with Gasteiger partial charge in [-0.05, 0) is 27.1 Å². The van der Waals surface area contributed by atoms with Gasteiger partial charge >= 0.3 is 6.03 Å². The number of nitrogens with one attached hydrogen (secondary N) is 1. The molecule has 140 valence electrons. The van der Waals surface area contributed by atoms with Gasteiger partial charge in [0, 0.05) is 30.9 Å². The summed E-state index contributed by atoms with van der Waals surface area (Å²) < 4.78 is 1.60.